The minimum Gasteiger partial charge on any atom is -0.350 e. The first-order valence-electron chi connectivity index (χ1n) is 7.22. The number of benzene rings is 1. The van der Waals surface area contributed by atoms with Crippen molar-refractivity contribution in [3.05, 3.63) is 39.5 Å². The van der Waals surface area contributed by atoms with Crippen molar-refractivity contribution in [2.24, 2.45) is 0 Å². The predicted octanol–water partition coefficient (Wildman–Crippen LogP) is 3.76. The van der Waals surface area contributed by atoms with Crippen LogP contribution in [0.25, 0.3) is 10.9 Å². The van der Waals surface area contributed by atoms with Gasteiger partial charge in [0.15, 0.2) is 0 Å². The Morgan fingerprint density at radius 2 is 2.00 bits per heavy atom. The number of amides is 1. The molecule has 3 aromatic rings. The Balaban J connectivity index is 1.94. The zero-order chi connectivity index (χ0) is 15.9. The second kappa shape index (κ2) is 5.53. The molecule has 0 fully saturated rings. The van der Waals surface area contributed by atoms with E-state index in [9.17, 15) is 4.79 Å². The number of aromatic amines is 1. The van der Waals surface area contributed by atoms with Crippen molar-refractivity contribution in [1.29, 1.82) is 0 Å². The summed E-state index contributed by atoms with van der Waals surface area (Å²) in [6, 6.07) is 4.04. The summed E-state index contributed by atoms with van der Waals surface area (Å²) in [4.78, 5) is 15.6. The quantitative estimate of drug-likeness (QED) is 0.773. The fourth-order valence-electron chi connectivity index (χ4n) is 2.50. The lowest BCUT2D eigenvalue weighted by Crippen LogP contribution is -2.11. The summed E-state index contributed by atoms with van der Waals surface area (Å²) in [5, 5.41) is 13.3. The lowest BCUT2D eigenvalue weighted by molar-refractivity contribution is 0.102. The molecule has 5 nitrogen and oxygen atoms in total. The average Bonchev–Trinajstić information content (AvgIpc) is 3.11. The molecule has 2 N–H and O–H groups in total. The maximum absolute atomic E-state index is 12.4. The van der Waals surface area contributed by atoms with Gasteiger partial charge in [0.25, 0.3) is 5.91 Å². The van der Waals surface area contributed by atoms with Gasteiger partial charge in [-0.05, 0) is 49.9 Å². The zero-order valence-electron chi connectivity index (χ0n) is 13.1. The first kappa shape index (κ1) is 14.7. The van der Waals surface area contributed by atoms with Crippen molar-refractivity contribution < 1.29 is 4.79 Å². The highest BCUT2D eigenvalue weighted by atomic mass is 32.1. The van der Waals surface area contributed by atoms with Crippen LogP contribution in [0.2, 0.25) is 0 Å². The van der Waals surface area contributed by atoms with E-state index in [2.05, 4.69) is 47.3 Å². The minimum atomic E-state index is -0.188. The number of aryl methyl sites for hydroxylation is 4. The largest absolute Gasteiger partial charge is 0.350 e. The molecule has 0 saturated heterocycles. The number of hydrogen-bond donors (Lipinski definition) is 2. The molecule has 114 valence electrons. The zero-order valence-corrected chi connectivity index (χ0v) is 13.9. The van der Waals surface area contributed by atoms with Crippen LogP contribution < -0.4 is 5.32 Å². The van der Waals surface area contributed by atoms with E-state index in [-0.39, 0.29) is 5.91 Å². The van der Waals surface area contributed by atoms with E-state index in [0.717, 1.165) is 27.9 Å². The lowest BCUT2D eigenvalue weighted by Gasteiger charge is -2.04. The van der Waals surface area contributed by atoms with Gasteiger partial charge >= 0.3 is 0 Å². The van der Waals surface area contributed by atoms with Gasteiger partial charge in [-0.25, -0.2) is 0 Å². The van der Waals surface area contributed by atoms with Gasteiger partial charge in [-0.2, -0.15) is 0 Å². The Hall–Kier alpha value is -2.21. The molecular formula is C16H18N4OS. The molecule has 0 unspecified atom stereocenters. The summed E-state index contributed by atoms with van der Waals surface area (Å²) < 4.78 is 0. The van der Waals surface area contributed by atoms with Crippen molar-refractivity contribution in [3.8, 4) is 0 Å². The first-order chi connectivity index (χ1) is 10.5. The van der Waals surface area contributed by atoms with Gasteiger partial charge in [-0.3, -0.25) is 10.1 Å². The third kappa shape index (κ3) is 2.50. The number of fused-ring (bicyclic) bond motifs is 1. The summed E-state index contributed by atoms with van der Waals surface area (Å²) in [6.07, 6.45) is 0.817. The second-order valence-electron chi connectivity index (χ2n) is 5.42. The van der Waals surface area contributed by atoms with E-state index in [1.807, 2.05) is 13.0 Å². The molecule has 0 spiro atoms. The molecule has 0 aliphatic rings. The van der Waals surface area contributed by atoms with Crippen molar-refractivity contribution in [3.63, 3.8) is 0 Å². The van der Waals surface area contributed by atoms with Gasteiger partial charge in [0.05, 0.1) is 0 Å². The molecular weight excluding hydrogens is 296 g/mol. The summed E-state index contributed by atoms with van der Waals surface area (Å²) in [6.45, 7) is 8.21. The number of anilines is 1. The molecule has 0 atom stereocenters. The number of carbonyl (C=O) groups excluding carboxylic acids is 1. The summed E-state index contributed by atoms with van der Waals surface area (Å²) in [7, 11) is 0. The van der Waals surface area contributed by atoms with Crippen molar-refractivity contribution in [2.45, 2.75) is 34.1 Å². The van der Waals surface area contributed by atoms with Crippen molar-refractivity contribution >= 4 is 33.3 Å². The van der Waals surface area contributed by atoms with E-state index in [1.54, 1.807) is 0 Å². The van der Waals surface area contributed by atoms with E-state index in [4.69, 9.17) is 0 Å². The number of aromatic nitrogens is 3. The maximum Gasteiger partial charge on any atom is 0.273 e. The Labute approximate surface area is 132 Å². The molecule has 0 saturated carbocycles. The van der Waals surface area contributed by atoms with Gasteiger partial charge in [0.2, 0.25) is 5.13 Å². The molecule has 0 bridgehead atoms. The van der Waals surface area contributed by atoms with Gasteiger partial charge < -0.3 is 4.98 Å². The van der Waals surface area contributed by atoms with Crippen molar-refractivity contribution in [2.75, 3.05) is 5.32 Å². The molecule has 3 rings (SSSR count). The number of hydrogen-bond acceptors (Lipinski definition) is 4. The fourth-order valence-corrected chi connectivity index (χ4v) is 3.18. The maximum atomic E-state index is 12.4. The standard InChI is InChI=1S/C16H18N4OS/c1-5-13-19-20-16(22-13)18-15(21)12-7-11-9(3)6-8(2)10(4)14(11)17-12/h6-7,17H,5H2,1-4H3,(H,18,20,21). The molecule has 2 aromatic heterocycles. The van der Waals surface area contributed by atoms with E-state index >= 15 is 0 Å². The minimum absolute atomic E-state index is 0.188. The second-order valence-corrected chi connectivity index (χ2v) is 6.48. The smallest absolute Gasteiger partial charge is 0.273 e. The molecule has 2 heterocycles. The topological polar surface area (TPSA) is 70.7 Å². The van der Waals surface area contributed by atoms with E-state index < -0.39 is 0 Å². The van der Waals surface area contributed by atoms with Crippen LogP contribution in [0, 0.1) is 20.8 Å². The third-order valence-corrected chi connectivity index (χ3v) is 4.86. The number of nitrogens with zero attached hydrogens (tertiary/aromatic N) is 2. The van der Waals surface area contributed by atoms with Crippen LogP contribution in [-0.2, 0) is 6.42 Å². The predicted molar refractivity (Wildman–Crippen MR) is 89.7 cm³/mol. The Morgan fingerprint density at radius 1 is 1.23 bits per heavy atom. The van der Waals surface area contributed by atoms with Crippen LogP contribution in [0.15, 0.2) is 12.1 Å². The molecule has 0 aliphatic heterocycles. The van der Waals surface area contributed by atoms with Gasteiger partial charge in [-0.15, -0.1) is 10.2 Å². The number of nitrogens with one attached hydrogen (secondary N) is 2. The van der Waals surface area contributed by atoms with Crippen LogP contribution in [0.4, 0.5) is 5.13 Å². The van der Waals surface area contributed by atoms with Gasteiger partial charge in [0, 0.05) is 10.9 Å². The molecule has 6 heteroatoms. The Bertz CT molecular complexity index is 863. The first-order valence-corrected chi connectivity index (χ1v) is 8.04. The van der Waals surface area contributed by atoms with Crippen LogP contribution in [0.3, 0.4) is 0 Å². The van der Waals surface area contributed by atoms with E-state index in [0.29, 0.717) is 10.8 Å². The Morgan fingerprint density at radius 3 is 2.68 bits per heavy atom. The van der Waals surface area contributed by atoms with Gasteiger partial charge in [-0.1, -0.05) is 24.3 Å². The highest BCUT2D eigenvalue weighted by molar-refractivity contribution is 7.15. The number of rotatable bonds is 3. The number of H-pyrrole nitrogens is 1. The normalized spacial score (nSPS) is 11.1. The van der Waals surface area contributed by atoms with Crippen LogP contribution >= 0.6 is 11.3 Å². The van der Waals surface area contributed by atoms with Crippen LogP contribution in [0.5, 0.6) is 0 Å². The monoisotopic (exact) mass is 314 g/mol. The van der Waals surface area contributed by atoms with E-state index in [1.165, 1.54) is 22.5 Å². The summed E-state index contributed by atoms with van der Waals surface area (Å²) in [5.41, 5.74) is 5.12. The molecule has 1 amide bonds. The van der Waals surface area contributed by atoms with Gasteiger partial charge in [0.1, 0.15) is 10.7 Å². The molecule has 1 aromatic carbocycles. The summed E-state index contributed by atoms with van der Waals surface area (Å²) in [5.74, 6) is -0.188. The number of carbonyl (C=O) groups is 1. The third-order valence-electron chi connectivity index (χ3n) is 3.88. The Kier molecular flexibility index (Phi) is 3.70. The molecule has 0 radical (unpaired) electrons. The molecule has 22 heavy (non-hydrogen) atoms. The summed E-state index contributed by atoms with van der Waals surface area (Å²) >= 11 is 1.40. The van der Waals surface area contributed by atoms with Crippen LogP contribution in [0.1, 0.15) is 39.1 Å². The SMILES string of the molecule is CCc1nnc(NC(=O)c2cc3c(C)cc(C)c(C)c3[nH]2)s1. The fraction of sp³-hybridized carbons (Fsp3) is 0.312. The highest BCUT2D eigenvalue weighted by Gasteiger charge is 2.15. The highest BCUT2D eigenvalue weighted by Crippen LogP contribution is 2.26. The molecule has 0 aliphatic carbocycles. The lowest BCUT2D eigenvalue weighted by atomic mass is 10.0. The average molecular weight is 314 g/mol. The van der Waals surface area contributed by atoms with Crippen LogP contribution in [-0.4, -0.2) is 21.1 Å². The van der Waals surface area contributed by atoms with Crippen molar-refractivity contribution in [1.82, 2.24) is 15.2 Å².